The van der Waals surface area contributed by atoms with E-state index in [0.29, 0.717) is 29.5 Å². The minimum atomic E-state index is -0.482. The van der Waals surface area contributed by atoms with Crippen LogP contribution in [0.4, 0.5) is 15.9 Å². The fourth-order valence-corrected chi connectivity index (χ4v) is 3.48. The number of rotatable bonds is 12. The number of aromatic nitrogens is 4. The summed E-state index contributed by atoms with van der Waals surface area (Å²) < 4.78 is 22.2. The number of hydrogen-bond donors (Lipinski definition) is 1. The van der Waals surface area contributed by atoms with Gasteiger partial charge < -0.3 is 10.1 Å². The molecule has 0 bridgehead atoms. The number of ether oxygens (including phenoxy) is 1. The summed E-state index contributed by atoms with van der Waals surface area (Å²) in [7, 11) is 0. The van der Waals surface area contributed by atoms with Crippen molar-refractivity contribution in [2.45, 2.75) is 52.2 Å². The zero-order chi connectivity index (χ0) is 22.9. The molecule has 0 fully saturated rings. The maximum atomic E-state index is 14.3. The second-order valence-corrected chi connectivity index (χ2v) is 7.35. The molecule has 0 aliphatic rings. The Morgan fingerprint density at radius 1 is 1.31 bits per heavy atom. The molecule has 0 saturated carbocycles. The lowest BCUT2D eigenvalue weighted by Crippen LogP contribution is -2.13. The normalized spacial score (nSPS) is 11.8. The molecule has 1 N–H and O–H groups in total. The Hall–Kier alpha value is -3.39. The molecule has 0 unspecified atom stereocenters. The summed E-state index contributed by atoms with van der Waals surface area (Å²) in [6.07, 6.45) is 12.1. The van der Waals surface area contributed by atoms with Gasteiger partial charge in [-0.15, -0.1) is 5.10 Å². The van der Waals surface area contributed by atoms with Gasteiger partial charge >= 0.3 is 0 Å². The largest absolute Gasteiger partial charge is 0.373 e. The minimum Gasteiger partial charge on any atom is -0.373 e. The van der Waals surface area contributed by atoms with Gasteiger partial charge in [-0.3, -0.25) is 9.98 Å². The second kappa shape index (κ2) is 11.3. The molecule has 7 nitrogen and oxygen atoms in total. The van der Waals surface area contributed by atoms with Gasteiger partial charge in [0.2, 0.25) is 5.82 Å². The fourth-order valence-electron chi connectivity index (χ4n) is 3.48. The van der Waals surface area contributed by atoms with Crippen molar-refractivity contribution in [3.05, 3.63) is 66.7 Å². The number of hydrogen-bond acceptors (Lipinski definition) is 6. The van der Waals surface area contributed by atoms with E-state index in [-0.39, 0.29) is 11.8 Å². The molecular weight excluding hydrogens is 407 g/mol. The van der Waals surface area contributed by atoms with Crippen LogP contribution in [0.1, 0.15) is 50.9 Å². The first-order chi connectivity index (χ1) is 15.6. The molecule has 0 saturated heterocycles. The quantitative estimate of drug-likeness (QED) is 0.290. The third-order valence-corrected chi connectivity index (χ3v) is 4.99. The molecule has 3 aromatic rings. The SMILES string of the molecule is C=C/C=C(\N=C)c1nc(Nc2ccncc2F)c2c(COC(CCC)CCC)ccn2n1. The first-order valence-corrected chi connectivity index (χ1v) is 10.8. The third kappa shape index (κ3) is 5.45. The molecule has 0 amide bonds. The van der Waals surface area contributed by atoms with E-state index in [9.17, 15) is 4.39 Å². The maximum absolute atomic E-state index is 14.3. The van der Waals surface area contributed by atoms with Gasteiger partial charge in [-0.1, -0.05) is 39.3 Å². The molecule has 168 valence electrons. The van der Waals surface area contributed by atoms with Gasteiger partial charge in [-0.2, -0.15) is 0 Å². The monoisotopic (exact) mass is 436 g/mol. The standard InChI is InChI=1S/C24H29FN6O/c1-5-8-18(9-6-2)32-16-17-12-14-31-22(17)24(28-20-11-13-27-15-19(20)25)29-23(30-31)21(26-4)10-7-3/h7,10-15,18H,3-6,8-9,16H2,1-2H3,(H,27,28,29,30)/b21-10-. The molecule has 3 heterocycles. The predicted molar refractivity (Wildman–Crippen MR) is 127 cm³/mol. The highest BCUT2D eigenvalue weighted by Crippen LogP contribution is 2.27. The van der Waals surface area contributed by atoms with Gasteiger partial charge in [0, 0.05) is 18.0 Å². The number of pyridine rings is 1. The highest BCUT2D eigenvalue weighted by atomic mass is 19.1. The number of halogens is 1. The first-order valence-electron chi connectivity index (χ1n) is 10.8. The highest BCUT2D eigenvalue weighted by Gasteiger charge is 2.17. The lowest BCUT2D eigenvalue weighted by molar-refractivity contribution is 0.0292. The molecule has 0 radical (unpaired) electrons. The van der Waals surface area contributed by atoms with Crippen molar-refractivity contribution in [3.8, 4) is 0 Å². The number of anilines is 2. The second-order valence-electron chi connectivity index (χ2n) is 7.35. The minimum absolute atomic E-state index is 0.196. The molecule has 0 aliphatic heterocycles. The predicted octanol–water partition coefficient (Wildman–Crippen LogP) is 5.72. The zero-order valence-electron chi connectivity index (χ0n) is 18.6. The zero-order valence-corrected chi connectivity index (χ0v) is 18.6. The molecule has 32 heavy (non-hydrogen) atoms. The lowest BCUT2D eigenvalue weighted by atomic mass is 10.1. The van der Waals surface area contributed by atoms with Crippen LogP contribution in [0.25, 0.3) is 11.2 Å². The van der Waals surface area contributed by atoms with Crippen molar-refractivity contribution in [2.75, 3.05) is 5.32 Å². The summed E-state index contributed by atoms with van der Waals surface area (Å²) in [5.41, 5.74) is 2.33. The van der Waals surface area contributed by atoms with Crippen LogP contribution < -0.4 is 5.32 Å². The van der Waals surface area contributed by atoms with E-state index in [0.717, 1.165) is 37.4 Å². The Morgan fingerprint density at radius 2 is 2.09 bits per heavy atom. The Morgan fingerprint density at radius 3 is 2.75 bits per heavy atom. The van der Waals surface area contributed by atoms with E-state index in [1.165, 1.54) is 6.20 Å². The first kappa shape index (κ1) is 23.3. The summed E-state index contributed by atoms with van der Waals surface area (Å²) in [4.78, 5) is 12.4. The number of fused-ring (bicyclic) bond motifs is 1. The van der Waals surface area contributed by atoms with Crippen LogP contribution in [-0.2, 0) is 11.3 Å². The molecule has 3 aromatic heterocycles. The van der Waals surface area contributed by atoms with Gasteiger partial charge in [0.15, 0.2) is 11.6 Å². The van der Waals surface area contributed by atoms with Crippen LogP contribution >= 0.6 is 0 Å². The average Bonchev–Trinajstić information content (AvgIpc) is 3.21. The van der Waals surface area contributed by atoms with Crippen LogP contribution in [-0.4, -0.2) is 32.4 Å². The number of nitrogens with zero attached hydrogens (tertiary/aromatic N) is 5. The molecular formula is C24H29FN6O. The summed E-state index contributed by atoms with van der Waals surface area (Å²) in [5.74, 6) is 0.289. The number of aliphatic imine (C=N–C) groups is 1. The molecule has 8 heteroatoms. The van der Waals surface area contributed by atoms with Crippen molar-refractivity contribution in [3.63, 3.8) is 0 Å². The lowest BCUT2D eigenvalue weighted by Gasteiger charge is -2.17. The fraction of sp³-hybridized carbons (Fsp3) is 0.333. The van der Waals surface area contributed by atoms with Crippen LogP contribution in [0, 0.1) is 5.82 Å². The Kier molecular flexibility index (Phi) is 8.21. The van der Waals surface area contributed by atoms with Gasteiger partial charge in [0.1, 0.15) is 11.2 Å². The van der Waals surface area contributed by atoms with E-state index in [4.69, 9.17) is 4.74 Å². The molecule has 0 spiro atoms. The van der Waals surface area contributed by atoms with Crippen molar-refractivity contribution < 1.29 is 9.13 Å². The van der Waals surface area contributed by atoms with E-state index in [2.05, 4.69) is 52.5 Å². The van der Waals surface area contributed by atoms with Crippen molar-refractivity contribution in [2.24, 2.45) is 4.99 Å². The van der Waals surface area contributed by atoms with Gasteiger partial charge in [-0.05, 0) is 37.8 Å². The van der Waals surface area contributed by atoms with Gasteiger partial charge in [0.25, 0.3) is 0 Å². The molecule has 0 atom stereocenters. The number of nitrogens with one attached hydrogen (secondary N) is 1. The van der Waals surface area contributed by atoms with Crippen molar-refractivity contribution >= 4 is 29.4 Å². The Labute approximate surface area is 187 Å². The van der Waals surface area contributed by atoms with E-state index in [1.54, 1.807) is 22.7 Å². The van der Waals surface area contributed by atoms with Crippen LogP contribution in [0.3, 0.4) is 0 Å². The Balaban J connectivity index is 2.05. The van der Waals surface area contributed by atoms with Crippen LogP contribution in [0.15, 0.2) is 54.4 Å². The van der Waals surface area contributed by atoms with Gasteiger partial charge in [0.05, 0.1) is 24.6 Å². The third-order valence-electron chi connectivity index (χ3n) is 4.99. The van der Waals surface area contributed by atoms with Crippen molar-refractivity contribution in [1.82, 2.24) is 19.6 Å². The smallest absolute Gasteiger partial charge is 0.200 e. The summed E-state index contributed by atoms with van der Waals surface area (Å²) in [6.45, 7) is 12.0. The summed E-state index contributed by atoms with van der Waals surface area (Å²) >= 11 is 0. The Bertz CT molecular complexity index is 1100. The topological polar surface area (TPSA) is 76.7 Å². The molecule has 0 aliphatic carbocycles. The average molecular weight is 437 g/mol. The van der Waals surface area contributed by atoms with E-state index < -0.39 is 5.82 Å². The molecule has 0 aromatic carbocycles. The summed E-state index contributed by atoms with van der Waals surface area (Å²) in [5, 5.41) is 7.65. The van der Waals surface area contributed by atoms with Gasteiger partial charge in [-0.25, -0.2) is 13.9 Å². The van der Waals surface area contributed by atoms with Crippen LogP contribution in [0.2, 0.25) is 0 Å². The highest BCUT2D eigenvalue weighted by molar-refractivity contribution is 5.78. The van der Waals surface area contributed by atoms with E-state index in [1.807, 2.05) is 12.3 Å². The van der Waals surface area contributed by atoms with E-state index >= 15 is 0 Å². The number of allylic oxidation sites excluding steroid dienone is 2. The van der Waals surface area contributed by atoms with Crippen molar-refractivity contribution in [1.29, 1.82) is 0 Å². The maximum Gasteiger partial charge on any atom is 0.200 e. The molecule has 3 rings (SSSR count). The summed E-state index contributed by atoms with van der Waals surface area (Å²) in [6, 6.07) is 3.49. The van der Waals surface area contributed by atoms with Crippen LogP contribution in [0.5, 0.6) is 0 Å².